The number of carbonyl (C=O) groups excluding carboxylic acids is 1. The van der Waals surface area contributed by atoms with Crippen LogP contribution in [0, 0.1) is 5.92 Å². The fourth-order valence-electron chi connectivity index (χ4n) is 1.98. The minimum Gasteiger partial charge on any atom is -0.299 e. The highest BCUT2D eigenvalue weighted by molar-refractivity contribution is 5.64. The summed E-state index contributed by atoms with van der Waals surface area (Å²) in [5, 5.41) is 3.72. The van der Waals surface area contributed by atoms with Gasteiger partial charge >= 0.3 is 0 Å². The highest BCUT2D eigenvalue weighted by Crippen LogP contribution is 2.28. The van der Waals surface area contributed by atoms with Crippen LogP contribution in [0.1, 0.15) is 32.1 Å². The van der Waals surface area contributed by atoms with Crippen molar-refractivity contribution < 1.29 is 4.79 Å². The van der Waals surface area contributed by atoms with Crippen LogP contribution in [0.2, 0.25) is 0 Å². The van der Waals surface area contributed by atoms with Gasteiger partial charge in [0.1, 0.15) is 6.29 Å². The maximum absolute atomic E-state index is 10.2. The largest absolute Gasteiger partial charge is 0.299 e. The number of hydrogen-bond acceptors (Lipinski definition) is 2. The van der Waals surface area contributed by atoms with Gasteiger partial charge in [-0.1, -0.05) is 30.5 Å². The molecule has 0 bridgehead atoms. The summed E-state index contributed by atoms with van der Waals surface area (Å²) in [4.78, 5) is 13.0. The molecule has 0 saturated heterocycles. The molecule has 0 spiro atoms. The summed E-state index contributed by atoms with van der Waals surface area (Å²) >= 11 is 0. The number of carbonyl (C=O) groups is 1. The summed E-state index contributed by atoms with van der Waals surface area (Å²) in [6, 6.07) is -0.134. The summed E-state index contributed by atoms with van der Waals surface area (Å²) in [6.45, 7) is 0. The van der Waals surface area contributed by atoms with Crippen molar-refractivity contribution in [2.24, 2.45) is 11.0 Å². The predicted molar refractivity (Wildman–Crippen MR) is 54.7 cm³/mol. The van der Waals surface area contributed by atoms with E-state index in [9.17, 15) is 4.79 Å². The quantitative estimate of drug-likeness (QED) is 0.222. The number of nitrogens with zero attached hydrogens (tertiary/aromatic N) is 3. The third kappa shape index (κ3) is 3.23. The van der Waals surface area contributed by atoms with Crippen LogP contribution in [0.15, 0.2) is 17.3 Å². The normalized spacial score (nSPS) is 20.3. The number of rotatable bonds is 4. The SMILES string of the molecule is [N-]=[N+]=NC(C=CC=O)C1CCCCC1. The highest BCUT2D eigenvalue weighted by Gasteiger charge is 2.20. The molecule has 0 amide bonds. The number of allylic oxidation sites excluding steroid dienone is 1. The van der Waals surface area contributed by atoms with Gasteiger partial charge in [-0.25, -0.2) is 0 Å². The van der Waals surface area contributed by atoms with Crippen molar-refractivity contribution in [3.8, 4) is 0 Å². The molecular formula is C10H15N3O. The molecular weight excluding hydrogens is 178 g/mol. The van der Waals surface area contributed by atoms with Crippen LogP contribution in [0.4, 0.5) is 0 Å². The van der Waals surface area contributed by atoms with Gasteiger partial charge in [0.05, 0.1) is 6.04 Å². The van der Waals surface area contributed by atoms with E-state index in [2.05, 4.69) is 10.0 Å². The second-order valence-corrected chi connectivity index (χ2v) is 3.61. The fourth-order valence-corrected chi connectivity index (χ4v) is 1.98. The first-order chi connectivity index (χ1) is 6.88. The average Bonchev–Trinajstić information content (AvgIpc) is 2.25. The monoisotopic (exact) mass is 193 g/mol. The Bertz CT molecular complexity index is 250. The fraction of sp³-hybridized carbons (Fsp3) is 0.700. The molecule has 1 atom stereocenters. The lowest BCUT2D eigenvalue weighted by molar-refractivity contribution is -0.104. The van der Waals surface area contributed by atoms with Crippen molar-refractivity contribution in [3.63, 3.8) is 0 Å². The molecule has 1 aliphatic rings. The van der Waals surface area contributed by atoms with Gasteiger partial charge in [-0.2, -0.15) is 0 Å². The summed E-state index contributed by atoms with van der Waals surface area (Å²) < 4.78 is 0. The number of hydrogen-bond donors (Lipinski definition) is 0. The summed E-state index contributed by atoms with van der Waals surface area (Å²) in [5.41, 5.74) is 8.40. The first kappa shape index (κ1) is 10.8. The summed E-state index contributed by atoms with van der Waals surface area (Å²) in [5.74, 6) is 0.427. The molecule has 0 radical (unpaired) electrons. The molecule has 1 unspecified atom stereocenters. The Morgan fingerprint density at radius 2 is 2.07 bits per heavy atom. The Morgan fingerprint density at radius 1 is 1.36 bits per heavy atom. The molecule has 1 saturated carbocycles. The van der Waals surface area contributed by atoms with E-state index < -0.39 is 0 Å². The van der Waals surface area contributed by atoms with Crippen molar-refractivity contribution in [1.82, 2.24) is 0 Å². The van der Waals surface area contributed by atoms with E-state index in [0.29, 0.717) is 5.92 Å². The van der Waals surface area contributed by atoms with Gasteiger partial charge in [0.15, 0.2) is 0 Å². The lowest BCUT2D eigenvalue weighted by Gasteiger charge is -2.24. The molecule has 0 aromatic rings. The van der Waals surface area contributed by atoms with E-state index in [1.54, 1.807) is 6.08 Å². The third-order valence-electron chi connectivity index (χ3n) is 2.70. The molecule has 4 nitrogen and oxygen atoms in total. The van der Waals surface area contributed by atoms with Crippen LogP contribution in [0.5, 0.6) is 0 Å². The molecule has 0 aromatic heterocycles. The van der Waals surface area contributed by atoms with E-state index in [0.717, 1.165) is 19.1 Å². The van der Waals surface area contributed by atoms with Crippen LogP contribution in [-0.4, -0.2) is 12.3 Å². The van der Waals surface area contributed by atoms with Crippen molar-refractivity contribution in [2.45, 2.75) is 38.1 Å². The van der Waals surface area contributed by atoms with Crippen LogP contribution in [-0.2, 0) is 4.79 Å². The Hall–Kier alpha value is -1.28. The van der Waals surface area contributed by atoms with E-state index in [4.69, 9.17) is 5.53 Å². The molecule has 0 heterocycles. The van der Waals surface area contributed by atoms with Crippen LogP contribution < -0.4 is 0 Å². The first-order valence-electron chi connectivity index (χ1n) is 5.04. The average molecular weight is 193 g/mol. The van der Waals surface area contributed by atoms with Crippen molar-refractivity contribution in [1.29, 1.82) is 0 Å². The molecule has 1 rings (SSSR count). The Morgan fingerprint density at radius 3 is 2.64 bits per heavy atom. The molecule has 0 aromatic carbocycles. The van der Waals surface area contributed by atoms with Gasteiger partial charge < -0.3 is 0 Å². The lowest BCUT2D eigenvalue weighted by Crippen LogP contribution is -2.18. The van der Waals surface area contributed by atoms with E-state index >= 15 is 0 Å². The molecule has 76 valence electrons. The number of aldehydes is 1. The van der Waals surface area contributed by atoms with Gasteiger partial charge in [0.25, 0.3) is 0 Å². The Kier molecular flexibility index (Phi) is 4.79. The molecule has 0 N–H and O–H groups in total. The maximum Gasteiger partial charge on any atom is 0.142 e. The molecule has 1 aliphatic carbocycles. The van der Waals surface area contributed by atoms with Crippen molar-refractivity contribution >= 4 is 6.29 Å². The number of azide groups is 1. The second kappa shape index (κ2) is 6.22. The lowest BCUT2D eigenvalue weighted by atomic mass is 9.84. The van der Waals surface area contributed by atoms with Gasteiger partial charge in [-0.3, -0.25) is 4.79 Å². The van der Waals surface area contributed by atoms with E-state index in [1.165, 1.54) is 25.3 Å². The molecule has 14 heavy (non-hydrogen) atoms. The summed E-state index contributed by atoms with van der Waals surface area (Å²) in [7, 11) is 0. The zero-order chi connectivity index (χ0) is 10.2. The van der Waals surface area contributed by atoms with Gasteiger partial charge in [-0.05, 0) is 30.4 Å². The van der Waals surface area contributed by atoms with Crippen LogP contribution in [0.25, 0.3) is 10.4 Å². The zero-order valence-electron chi connectivity index (χ0n) is 8.17. The molecule has 4 heteroatoms. The Balaban J connectivity index is 2.59. The maximum atomic E-state index is 10.2. The standard InChI is InChI=1S/C10H15N3O/c11-13-12-10(7-4-8-14)9-5-2-1-3-6-9/h4,7-10H,1-3,5-6H2. The zero-order valence-corrected chi connectivity index (χ0v) is 8.17. The Labute approximate surface area is 83.6 Å². The van der Waals surface area contributed by atoms with Crippen LogP contribution >= 0.6 is 0 Å². The van der Waals surface area contributed by atoms with Crippen LogP contribution in [0.3, 0.4) is 0 Å². The predicted octanol–water partition coefficient (Wildman–Crippen LogP) is 3.00. The molecule has 1 fully saturated rings. The summed E-state index contributed by atoms with van der Waals surface area (Å²) in [6.07, 6.45) is 9.75. The minimum atomic E-state index is -0.134. The molecule has 0 aliphatic heterocycles. The van der Waals surface area contributed by atoms with Gasteiger partial charge in [0.2, 0.25) is 0 Å². The van der Waals surface area contributed by atoms with E-state index in [1.807, 2.05) is 0 Å². The first-order valence-corrected chi connectivity index (χ1v) is 5.04. The van der Waals surface area contributed by atoms with E-state index in [-0.39, 0.29) is 6.04 Å². The van der Waals surface area contributed by atoms with Gasteiger partial charge in [-0.15, -0.1) is 0 Å². The van der Waals surface area contributed by atoms with Crippen molar-refractivity contribution in [2.75, 3.05) is 0 Å². The minimum absolute atomic E-state index is 0.134. The van der Waals surface area contributed by atoms with Gasteiger partial charge in [0, 0.05) is 4.91 Å². The smallest absolute Gasteiger partial charge is 0.142 e. The highest BCUT2D eigenvalue weighted by atomic mass is 16.1. The second-order valence-electron chi connectivity index (χ2n) is 3.61. The topological polar surface area (TPSA) is 65.8 Å². The third-order valence-corrected chi connectivity index (χ3v) is 2.70. The van der Waals surface area contributed by atoms with Crippen molar-refractivity contribution in [3.05, 3.63) is 22.6 Å².